The lowest BCUT2D eigenvalue weighted by molar-refractivity contribution is 0.0412. The topological polar surface area (TPSA) is 105 Å². The van der Waals surface area contributed by atoms with E-state index in [1.165, 1.54) is 0 Å². The Labute approximate surface area is 263 Å². The molecule has 244 valence electrons. The molecule has 0 aliphatic heterocycles. The lowest BCUT2D eigenvalue weighted by Crippen LogP contribution is -2.17. The van der Waals surface area contributed by atoms with Crippen molar-refractivity contribution in [2.45, 2.75) is 92.9 Å². The third-order valence-electron chi connectivity index (χ3n) is 6.29. The Hall–Kier alpha value is -3.68. The summed E-state index contributed by atoms with van der Waals surface area (Å²) < 4.78 is 20.9. The van der Waals surface area contributed by atoms with Crippen molar-refractivity contribution in [3.05, 3.63) is 70.8 Å². The van der Waals surface area contributed by atoms with Crippen LogP contribution < -0.4 is 0 Å². The zero-order valence-corrected chi connectivity index (χ0v) is 27.5. The van der Waals surface area contributed by atoms with Crippen LogP contribution in [0.1, 0.15) is 134 Å². The first kappa shape index (κ1) is 38.3. The summed E-state index contributed by atoms with van der Waals surface area (Å²) in [5.41, 5.74) is 1.07. The summed E-state index contributed by atoms with van der Waals surface area (Å²) in [6.07, 6.45) is 8.35. The van der Waals surface area contributed by atoms with Crippen LogP contribution in [-0.4, -0.2) is 50.3 Å². The van der Waals surface area contributed by atoms with Crippen molar-refractivity contribution >= 4 is 23.9 Å². The van der Waals surface area contributed by atoms with Gasteiger partial charge in [0, 0.05) is 0 Å². The lowest BCUT2D eigenvalue weighted by Gasteiger charge is -2.11. The maximum atomic E-state index is 12.2. The first-order valence-electron chi connectivity index (χ1n) is 16.0. The Morgan fingerprint density at radius 2 is 0.773 bits per heavy atom. The third kappa shape index (κ3) is 15.7. The average Bonchev–Trinajstić information content (AvgIpc) is 3.02. The van der Waals surface area contributed by atoms with Crippen LogP contribution in [0.2, 0.25) is 0 Å². The molecule has 0 bridgehead atoms. The van der Waals surface area contributed by atoms with Crippen LogP contribution in [0.25, 0.3) is 0 Å². The van der Waals surface area contributed by atoms with E-state index in [-0.39, 0.29) is 34.1 Å². The van der Waals surface area contributed by atoms with Gasteiger partial charge in [0.15, 0.2) is 0 Å². The smallest absolute Gasteiger partial charge is 0.339 e. The van der Waals surface area contributed by atoms with Gasteiger partial charge in [-0.2, -0.15) is 0 Å². The molecule has 0 N–H and O–H groups in total. The number of carbonyl (C=O) groups excluding carboxylic acids is 4. The van der Waals surface area contributed by atoms with E-state index >= 15 is 0 Å². The standard InChI is InChI=1S/C20H30O4.C16H22O4/c1-3-5-7-11-15-23-19(21)17-13-9-10-14-18(17)20(22)24-16-12-8-6-4-2;1-11(2)9-19-15(17)13-7-5-6-8-14(13)16(18)20-10-12(3)4/h9-10,13-14H,3-8,11-12,15-16H2,1-2H3;5-8,11-12H,9-10H2,1-4H3. The molecule has 0 unspecified atom stereocenters. The van der Waals surface area contributed by atoms with Crippen LogP contribution in [0.15, 0.2) is 48.5 Å². The van der Waals surface area contributed by atoms with Gasteiger partial charge in [0.1, 0.15) is 0 Å². The van der Waals surface area contributed by atoms with Crippen molar-refractivity contribution in [1.29, 1.82) is 0 Å². The molecular weight excluding hydrogens is 560 g/mol. The minimum Gasteiger partial charge on any atom is -0.462 e. The maximum absolute atomic E-state index is 12.2. The normalized spacial score (nSPS) is 10.5. The molecule has 0 atom stereocenters. The molecule has 0 heterocycles. The molecule has 0 aromatic heterocycles. The first-order chi connectivity index (χ1) is 21.1. The number of hydrogen-bond donors (Lipinski definition) is 0. The van der Waals surface area contributed by atoms with Crippen molar-refractivity contribution in [3.8, 4) is 0 Å². The Kier molecular flexibility index (Phi) is 19.9. The monoisotopic (exact) mass is 612 g/mol. The highest BCUT2D eigenvalue weighted by molar-refractivity contribution is 6.03. The summed E-state index contributed by atoms with van der Waals surface area (Å²) in [6.45, 7) is 13.5. The van der Waals surface area contributed by atoms with Gasteiger partial charge in [0.2, 0.25) is 0 Å². The first-order valence-corrected chi connectivity index (χ1v) is 16.0. The molecule has 8 nitrogen and oxygen atoms in total. The van der Waals surface area contributed by atoms with Gasteiger partial charge in [-0.25, -0.2) is 19.2 Å². The summed E-state index contributed by atoms with van der Waals surface area (Å²) in [5.74, 6) is -1.39. The quantitative estimate of drug-likeness (QED) is 0.0938. The number of hydrogen-bond acceptors (Lipinski definition) is 8. The van der Waals surface area contributed by atoms with Crippen LogP contribution in [0.5, 0.6) is 0 Å². The van der Waals surface area contributed by atoms with Gasteiger partial charge < -0.3 is 18.9 Å². The van der Waals surface area contributed by atoms with Crippen molar-refractivity contribution in [2.75, 3.05) is 26.4 Å². The molecule has 0 saturated carbocycles. The van der Waals surface area contributed by atoms with Crippen LogP contribution in [-0.2, 0) is 18.9 Å². The molecule has 2 rings (SSSR count). The summed E-state index contributed by atoms with van der Waals surface area (Å²) in [4.78, 5) is 48.3. The molecule has 0 spiro atoms. The number of rotatable bonds is 18. The molecule has 0 saturated heterocycles. The highest BCUT2D eigenvalue weighted by Crippen LogP contribution is 2.15. The molecule has 2 aromatic rings. The number of esters is 4. The minimum absolute atomic E-state index is 0.249. The second kappa shape index (κ2) is 22.8. The van der Waals surface area contributed by atoms with E-state index < -0.39 is 23.9 Å². The van der Waals surface area contributed by atoms with Crippen LogP contribution in [0, 0.1) is 11.8 Å². The molecule has 0 radical (unpaired) electrons. The number of carbonyl (C=O) groups is 4. The molecule has 0 amide bonds. The van der Waals surface area contributed by atoms with E-state index in [1.807, 2.05) is 27.7 Å². The highest BCUT2D eigenvalue weighted by atomic mass is 16.5. The van der Waals surface area contributed by atoms with Crippen molar-refractivity contribution in [1.82, 2.24) is 0 Å². The van der Waals surface area contributed by atoms with Gasteiger partial charge in [-0.05, 0) is 48.9 Å². The third-order valence-corrected chi connectivity index (χ3v) is 6.29. The second-order valence-electron chi connectivity index (χ2n) is 11.5. The number of benzene rings is 2. The molecule has 8 heteroatoms. The Morgan fingerprint density at radius 3 is 1.05 bits per heavy atom. The van der Waals surface area contributed by atoms with Crippen LogP contribution >= 0.6 is 0 Å². The van der Waals surface area contributed by atoms with E-state index in [2.05, 4.69) is 13.8 Å². The van der Waals surface area contributed by atoms with E-state index in [9.17, 15) is 19.2 Å². The second-order valence-corrected chi connectivity index (χ2v) is 11.5. The van der Waals surface area contributed by atoms with Gasteiger partial charge >= 0.3 is 23.9 Å². The molecule has 0 fully saturated rings. The van der Waals surface area contributed by atoms with Crippen LogP contribution in [0.3, 0.4) is 0 Å². The van der Waals surface area contributed by atoms with E-state index in [0.29, 0.717) is 26.4 Å². The summed E-state index contributed by atoms with van der Waals surface area (Å²) in [7, 11) is 0. The Morgan fingerprint density at radius 1 is 0.477 bits per heavy atom. The van der Waals surface area contributed by atoms with Gasteiger partial charge in [0.05, 0.1) is 48.7 Å². The predicted molar refractivity (Wildman–Crippen MR) is 172 cm³/mol. The summed E-state index contributed by atoms with van der Waals surface area (Å²) in [5, 5.41) is 0. The molecule has 0 aliphatic carbocycles. The highest BCUT2D eigenvalue weighted by Gasteiger charge is 2.20. The fraction of sp³-hybridized carbons (Fsp3) is 0.556. The summed E-state index contributed by atoms with van der Waals surface area (Å²) in [6, 6.07) is 13.2. The van der Waals surface area contributed by atoms with E-state index in [1.54, 1.807) is 48.5 Å². The van der Waals surface area contributed by atoms with Gasteiger partial charge in [-0.15, -0.1) is 0 Å². The number of ether oxygens (including phenoxy) is 4. The maximum Gasteiger partial charge on any atom is 0.339 e. The number of unbranched alkanes of at least 4 members (excludes halogenated alkanes) is 6. The SMILES string of the molecule is CC(C)COC(=O)c1ccccc1C(=O)OCC(C)C.CCCCCCOC(=O)c1ccccc1C(=O)OCCCCCC. The van der Waals surface area contributed by atoms with E-state index in [0.717, 1.165) is 51.4 Å². The largest absolute Gasteiger partial charge is 0.462 e. The molecule has 0 aliphatic rings. The average molecular weight is 613 g/mol. The minimum atomic E-state index is -0.490. The van der Waals surface area contributed by atoms with Crippen molar-refractivity contribution < 1.29 is 38.1 Å². The zero-order valence-electron chi connectivity index (χ0n) is 27.5. The predicted octanol–water partition coefficient (Wildman–Crippen LogP) is 8.47. The van der Waals surface area contributed by atoms with Crippen molar-refractivity contribution in [2.24, 2.45) is 11.8 Å². The molecule has 2 aromatic carbocycles. The Bertz CT molecular complexity index is 1050. The Balaban J connectivity index is 0.000000447. The van der Waals surface area contributed by atoms with Crippen molar-refractivity contribution in [3.63, 3.8) is 0 Å². The lowest BCUT2D eigenvalue weighted by atomic mass is 10.1. The van der Waals surface area contributed by atoms with Crippen LogP contribution in [0.4, 0.5) is 0 Å². The van der Waals surface area contributed by atoms with E-state index in [4.69, 9.17) is 18.9 Å². The molecule has 44 heavy (non-hydrogen) atoms. The molecular formula is C36H52O8. The van der Waals surface area contributed by atoms with Gasteiger partial charge in [-0.3, -0.25) is 0 Å². The fourth-order valence-corrected chi connectivity index (χ4v) is 3.86. The fourth-order valence-electron chi connectivity index (χ4n) is 3.86. The van der Waals surface area contributed by atoms with Gasteiger partial charge in [-0.1, -0.05) is 104 Å². The van der Waals surface area contributed by atoms with Gasteiger partial charge in [0.25, 0.3) is 0 Å². The summed E-state index contributed by atoms with van der Waals surface area (Å²) >= 11 is 0. The zero-order chi connectivity index (χ0) is 32.7.